The van der Waals surface area contributed by atoms with E-state index in [-0.39, 0.29) is 18.3 Å². The van der Waals surface area contributed by atoms with Crippen LogP contribution in [0.15, 0.2) is 48.5 Å². The molecule has 0 N–H and O–H groups in total. The zero-order valence-corrected chi connectivity index (χ0v) is 15.4. The van der Waals surface area contributed by atoms with Crippen molar-refractivity contribution in [3.63, 3.8) is 0 Å². The van der Waals surface area contributed by atoms with Crippen LogP contribution in [0.5, 0.6) is 5.75 Å². The molecule has 4 rings (SSSR count). The van der Waals surface area contributed by atoms with Gasteiger partial charge in [-0.15, -0.1) is 0 Å². The number of amides is 1. The van der Waals surface area contributed by atoms with E-state index in [4.69, 9.17) is 9.47 Å². The summed E-state index contributed by atoms with van der Waals surface area (Å²) in [5.41, 5.74) is 1.58. The van der Waals surface area contributed by atoms with Crippen LogP contribution in [0.1, 0.15) is 10.5 Å². The third-order valence-electron chi connectivity index (χ3n) is 4.91. The topological polar surface area (TPSA) is 43.7 Å². The number of hydrogen-bond acceptors (Lipinski definition) is 3. The third kappa shape index (κ3) is 3.57. The summed E-state index contributed by atoms with van der Waals surface area (Å²) >= 11 is 0. The highest BCUT2D eigenvalue weighted by Gasteiger charge is 2.27. The molecule has 0 radical (unpaired) electrons. The Labute approximate surface area is 161 Å². The summed E-state index contributed by atoms with van der Waals surface area (Å²) in [5.74, 6) is -1.47. The van der Waals surface area contributed by atoms with Crippen LogP contribution < -0.4 is 4.74 Å². The Morgan fingerprint density at radius 3 is 2.86 bits per heavy atom. The maximum atomic E-state index is 13.7. The minimum Gasteiger partial charge on any atom is -0.488 e. The van der Waals surface area contributed by atoms with Crippen LogP contribution in [0.2, 0.25) is 0 Å². The Morgan fingerprint density at radius 1 is 1.21 bits per heavy atom. The number of carbonyl (C=O) groups is 1. The third-order valence-corrected chi connectivity index (χ3v) is 4.91. The van der Waals surface area contributed by atoms with Crippen molar-refractivity contribution in [1.29, 1.82) is 0 Å². The largest absolute Gasteiger partial charge is 0.488 e. The van der Waals surface area contributed by atoms with Crippen molar-refractivity contribution in [2.24, 2.45) is 7.05 Å². The number of benzene rings is 2. The Balaban J connectivity index is 1.45. The first-order valence-electron chi connectivity index (χ1n) is 9.06. The highest BCUT2D eigenvalue weighted by atomic mass is 19.1. The first-order valence-corrected chi connectivity index (χ1v) is 9.06. The molecule has 2 heterocycles. The monoisotopic (exact) mass is 386 g/mol. The fourth-order valence-corrected chi connectivity index (χ4v) is 3.43. The summed E-state index contributed by atoms with van der Waals surface area (Å²) in [6.07, 6.45) is -0.421. The molecular weight excluding hydrogens is 366 g/mol. The number of morpholine rings is 1. The van der Waals surface area contributed by atoms with Crippen LogP contribution in [0.3, 0.4) is 0 Å². The molecule has 1 unspecified atom stereocenters. The Kier molecular flexibility index (Phi) is 5.00. The molecule has 1 aliphatic rings. The predicted molar refractivity (Wildman–Crippen MR) is 100 cm³/mol. The minimum absolute atomic E-state index is 0.0270. The molecule has 1 amide bonds. The maximum absolute atomic E-state index is 13.7. The van der Waals surface area contributed by atoms with E-state index < -0.39 is 17.7 Å². The van der Waals surface area contributed by atoms with Gasteiger partial charge in [-0.1, -0.05) is 18.2 Å². The van der Waals surface area contributed by atoms with Gasteiger partial charge in [-0.25, -0.2) is 8.78 Å². The van der Waals surface area contributed by atoms with E-state index in [0.717, 1.165) is 29.1 Å². The molecule has 1 atom stereocenters. The summed E-state index contributed by atoms with van der Waals surface area (Å²) in [5, 5.41) is 1.00. The van der Waals surface area contributed by atoms with Crippen LogP contribution in [-0.4, -0.2) is 47.8 Å². The summed E-state index contributed by atoms with van der Waals surface area (Å²) in [7, 11) is 1.86. The summed E-state index contributed by atoms with van der Waals surface area (Å²) in [6, 6.07) is 12.7. The predicted octanol–water partition coefficient (Wildman–Crippen LogP) is 3.38. The van der Waals surface area contributed by atoms with Gasteiger partial charge >= 0.3 is 0 Å². The number of ether oxygens (including phenoxy) is 2. The zero-order chi connectivity index (χ0) is 19.7. The van der Waals surface area contributed by atoms with Crippen LogP contribution in [0, 0.1) is 11.6 Å². The Morgan fingerprint density at radius 2 is 2.04 bits per heavy atom. The van der Waals surface area contributed by atoms with Crippen LogP contribution >= 0.6 is 0 Å². The highest BCUT2D eigenvalue weighted by Crippen LogP contribution is 2.22. The second kappa shape index (κ2) is 7.59. The number of aryl methyl sites for hydroxylation is 1. The van der Waals surface area contributed by atoms with Gasteiger partial charge in [0.2, 0.25) is 0 Å². The zero-order valence-electron chi connectivity index (χ0n) is 15.4. The average molecular weight is 386 g/mol. The number of carbonyl (C=O) groups excluding carboxylic acids is 1. The summed E-state index contributed by atoms with van der Waals surface area (Å²) in [4.78, 5) is 14.7. The lowest BCUT2D eigenvalue weighted by Gasteiger charge is -2.33. The number of halogens is 2. The second-order valence-electron chi connectivity index (χ2n) is 6.78. The molecular formula is C21H20F2N2O3. The molecule has 0 spiro atoms. The SMILES string of the molecule is Cn1c(C(=O)N2CCOC(COc3cc(F)ccc3F)C2)cc2ccccc21. The summed E-state index contributed by atoms with van der Waals surface area (Å²) in [6.45, 7) is 1.16. The molecule has 0 aliphatic carbocycles. The van der Waals surface area contributed by atoms with Crippen LogP contribution in [-0.2, 0) is 11.8 Å². The quantitative estimate of drug-likeness (QED) is 0.691. The van der Waals surface area contributed by atoms with E-state index in [9.17, 15) is 13.6 Å². The van der Waals surface area contributed by atoms with E-state index in [2.05, 4.69) is 0 Å². The van der Waals surface area contributed by atoms with E-state index in [1.807, 2.05) is 41.9 Å². The molecule has 5 nitrogen and oxygen atoms in total. The van der Waals surface area contributed by atoms with Gasteiger partial charge in [0.05, 0.1) is 13.2 Å². The molecule has 1 fully saturated rings. The van der Waals surface area contributed by atoms with Gasteiger partial charge in [0, 0.05) is 30.6 Å². The van der Waals surface area contributed by atoms with Gasteiger partial charge < -0.3 is 18.9 Å². The standard InChI is InChI=1S/C21H20F2N2O3/c1-24-18-5-3-2-4-14(18)10-19(24)21(26)25-8-9-27-16(12-25)13-28-20-11-15(22)6-7-17(20)23/h2-7,10-11,16H,8-9,12-13H2,1H3. The lowest BCUT2D eigenvalue weighted by Crippen LogP contribution is -2.48. The van der Waals surface area contributed by atoms with Gasteiger partial charge in [-0.3, -0.25) is 4.79 Å². The van der Waals surface area contributed by atoms with E-state index >= 15 is 0 Å². The van der Waals surface area contributed by atoms with Crippen molar-refractivity contribution in [2.75, 3.05) is 26.3 Å². The molecule has 0 saturated carbocycles. The van der Waals surface area contributed by atoms with Gasteiger partial charge in [0.25, 0.3) is 5.91 Å². The Hall–Kier alpha value is -2.93. The molecule has 0 bridgehead atoms. The van der Waals surface area contributed by atoms with Crippen molar-refractivity contribution >= 4 is 16.8 Å². The van der Waals surface area contributed by atoms with E-state index in [0.29, 0.717) is 25.4 Å². The number of fused-ring (bicyclic) bond motifs is 1. The molecule has 146 valence electrons. The first-order chi connectivity index (χ1) is 13.5. The van der Waals surface area contributed by atoms with Gasteiger partial charge in [0.1, 0.15) is 24.2 Å². The molecule has 28 heavy (non-hydrogen) atoms. The van der Waals surface area contributed by atoms with Gasteiger partial charge in [-0.05, 0) is 24.3 Å². The molecule has 7 heteroatoms. The van der Waals surface area contributed by atoms with Crippen molar-refractivity contribution in [2.45, 2.75) is 6.10 Å². The number of nitrogens with zero attached hydrogens (tertiary/aromatic N) is 2. The fraction of sp³-hybridized carbons (Fsp3) is 0.286. The highest BCUT2D eigenvalue weighted by molar-refractivity contribution is 5.98. The van der Waals surface area contributed by atoms with Crippen LogP contribution in [0.25, 0.3) is 10.9 Å². The number of aromatic nitrogens is 1. The van der Waals surface area contributed by atoms with Crippen LogP contribution in [0.4, 0.5) is 8.78 Å². The van der Waals surface area contributed by atoms with Gasteiger partial charge in [-0.2, -0.15) is 0 Å². The maximum Gasteiger partial charge on any atom is 0.270 e. The second-order valence-corrected chi connectivity index (χ2v) is 6.78. The molecule has 2 aromatic carbocycles. The van der Waals surface area contributed by atoms with E-state index in [1.165, 1.54) is 0 Å². The Bertz CT molecular complexity index is 1020. The van der Waals surface area contributed by atoms with E-state index in [1.54, 1.807) is 4.90 Å². The normalized spacial score (nSPS) is 17.1. The first kappa shape index (κ1) is 18.4. The van der Waals surface area contributed by atoms with Crippen molar-refractivity contribution in [3.05, 3.63) is 65.9 Å². The smallest absolute Gasteiger partial charge is 0.270 e. The molecule has 1 aromatic heterocycles. The number of hydrogen-bond donors (Lipinski definition) is 0. The van der Waals surface area contributed by atoms with Gasteiger partial charge in [0.15, 0.2) is 11.6 Å². The number of rotatable bonds is 4. The van der Waals surface area contributed by atoms with Crippen molar-refractivity contribution < 1.29 is 23.0 Å². The minimum atomic E-state index is -0.638. The van der Waals surface area contributed by atoms with Crippen molar-refractivity contribution in [1.82, 2.24) is 9.47 Å². The number of para-hydroxylation sites is 1. The van der Waals surface area contributed by atoms with Crippen molar-refractivity contribution in [3.8, 4) is 5.75 Å². The molecule has 1 saturated heterocycles. The lowest BCUT2D eigenvalue weighted by atomic mass is 10.2. The fourth-order valence-electron chi connectivity index (χ4n) is 3.43. The average Bonchev–Trinajstić information content (AvgIpc) is 3.05. The molecule has 1 aliphatic heterocycles. The summed E-state index contributed by atoms with van der Waals surface area (Å²) < 4.78 is 39.8. The molecule has 3 aromatic rings. The lowest BCUT2D eigenvalue weighted by molar-refractivity contribution is -0.0408.